The summed E-state index contributed by atoms with van der Waals surface area (Å²) in [6, 6.07) is 9.94. The van der Waals surface area contributed by atoms with E-state index in [1.54, 1.807) is 32.2 Å². The summed E-state index contributed by atoms with van der Waals surface area (Å²) in [5, 5.41) is 8.43. The fraction of sp³-hybridized carbons (Fsp3) is 0.273. The first-order valence-corrected chi connectivity index (χ1v) is 9.23. The highest BCUT2D eigenvalue weighted by Gasteiger charge is 2.33. The highest BCUT2D eigenvalue weighted by Crippen LogP contribution is 2.35. The molecule has 1 heterocycles. The van der Waals surface area contributed by atoms with Crippen LogP contribution in [-0.2, 0) is 4.79 Å². The lowest BCUT2D eigenvalue weighted by molar-refractivity contribution is -0.113. The predicted octanol–water partition coefficient (Wildman–Crippen LogP) is 3.59. The summed E-state index contributed by atoms with van der Waals surface area (Å²) >= 11 is 0. The summed E-state index contributed by atoms with van der Waals surface area (Å²) in [6.07, 6.45) is 0. The number of benzene rings is 2. The lowest BCUT2D eigenvalue weighted by atomic mass is 9.94. The minimum Gasteiger partial charge on any atom is -0.497 e. The van der Waals surface area contributed by atoms with Crippen molar-refractivity contribution >= 4 is 17.6 Å². The van der Waals surface area contributed by atoms with Crippen LogP contribution >= 0.6 is 0 Å². The highest BCUT2D eigenvalue weighted by atomic mass is 16.5. The molecule has 3 amide bonds. The third kappa shape index (κ3) is 4.18. The van der Waals surface area contributed by atoms with Crippen molar-refractivity contribution in [2.45, 2.75) is 26.8 Å². The molecule has 7 heteroatoms. The molecule has 1 aliphatic heterocycles. The number of urea groups is 1. The third-order valence-electron chi connectivity index (χ3n) is 5.03. The normalized spacial score (nSPS) is 16.0. The molecule has 1 unspecified atom stereocenters. The van der Waals surface area contributed by atoms with Crippen molar-refractivity contribution in [2.75, 3.05) is 19.5 Å². The zero-order valence-electron chi connectivity index (χ0n) is 17.2. The molecule has 0 fully saturated rings. The molecule has 152 valence electrons. The number of carbonyl (C=O) groups is 2. The first-order chi connectivity index (χ1) is 13.8. The predicted molar refractivity (Wildman–Crippen MR) is 111 cm³/mol. The molecule has 7 nitrogen and oxygen atoms in total. The smallest absolute Gasteiger partial charge is 0.319 e. The van der Waals surface area contributed by atoms with Crippen LogP contribution in [0.5, 0.6) is 11.5 Å². The lowest BCUT2D eigenvalue weighted by Gasteiger charge is -2.29. The molecular formula is C22H25N3O4. The summed E-state index contributed by atoms with van der Waals surface area (Å²) in [7, 11) is 3.10. The molecule has 0 spiro atoms. The first kappa shape index (κ1) is 20.3. The Morgan fingerprint density at radius 1 is 1.00 bits per heavy atom. The number of hydrogen-bond acceptors (Lipinski definition) is 4. The summed E-state index contributed by atoms with van der Waals surface area (Å²) in [6.45, 7) is 5.71. The maximum Gasteiger partial charge on any atom is 0.319 e. The molecule has 0 saturated carbocycles. The summed E-state index contributed by atoms with van der Waals surface area (Å²) < 4.78 is 10.7. The number of ether oxygens (including phenoxy) is 2. The number of rotatable bonds is 5. The summed E-state index contributed by atoms with van der Waals surface area (Å²) in [4.78, 5) is 25.3. The average molecular weight is 395 g/mol. The maximum atomic E-state index is 13.2. The monoisotopic (exact) mass is 395 g/mol. The lowest BCUT2D eigenvalue weighted by Crippen LogP contribution is -2.46. The minimum atomic E-state index is -0.670. The van der Waals surface area contributed by atoms with Crippen molar-refractivity contribution in [2.24, 2.45) is 0 Å². The van der Waals surface area contributed by atoms with Crippen molar-refractivity contribution in [1.29, 1.82) is 0 Å². The molecule has 0 aliphatic carbocycles. The van der Waals surface area contributed by atoms with Gasteiger partial charge >= 0.3 is 6.03 Å². The first-order valence-electron chi connectivity index (χ1n) is 9.23. The van der Waals surface area contributed by atoms with Gasteiger partial charge in [-0.25, -0.2) is 4.79 Å². The molecule has 0 bridgehead atoms. The van der Waals surface area contributed by atoms with Crippen LogP contribution in [-0.4, -0.2) is 26.2 Å². The van der Waals surface area contributed by atoms with Crippen molar-refractivity contribution in [3.05, 3.63) is 64.4 Å². The molecule has 1 atom stereocenters. The van der Waals surface area contributed by atoms with Crippen LogP contribution in [0.25, 0.3) is 0 Å². The summed E-state index contributed by atoms with van der Waals surface area (Å²) in [5.74, 6) is 0.828. The minimum absolute atomic E-state index is 0.305. The van der Waals surface area contributed by atoms with Crippen molar-refractivity contribution in [3.8, 4) is 11.5 Å². The number of carbonyl (C=O) groups excluding carboxylic acids is 2. The van der Waals surface area contributed by atoms with E-state index in [2.05, 4.69) is 16.0 Å². The van der Waals surface area contributed by atoms with Gasteiger partial charge in [0.05, 0.1) is 25.8 Å². The number of anilines is 1. The third-order valence-corrected chi connectivity index (χ3v) is 5.03. The molecule has 29 heavy (non-hydrogen) atoms. The molecule has 0 radical (unpaired) electrons. The SMILES string of the molecule is COc1ccc(C2NC(=O)NC(C)=C2C(=O)Nc2ccc(C)c(C)c2)c(OC)c1. The largest absolute Gasteiger partial charge is 0.497 e. The van der Waals surface area contributed by atoms with Gasteiger partial charge in [0.1, 0.15) is 11.5 Å². The van der Waals surface area contributed by atoms with Crippen molar-refractivity contribution in [1.82, 2.24) is 10.6 Å². The van der Waals surface area contributed by atoms with Crippen molar-refractivity contribution in [3.63, 3.8) is 0 Å². The van der Waals surface area contributed by atoms with Crippen LogP contribution in [0.4, 0.5) is 10.5 Å². The molecule has 2 aromatic carbocycles. The van der Waals surface area contributed by atoms with E-state index in [0.29, 0.717) is 34.0 Å². The van der Waals surface area contributed by atoms with Crippen LogP contribution in [0, 0.1) is 13.8 Å². The highest BCUT2D eigenvalue weighted by molar-refractivity contribution is 6.07. The van der Waals surface area contributed by atoms with Crippen LogP contribution in [0.3, 0.4) is 0 Å². The number of methoxy groups -OCH3 is 2. The molecule has 3 N–H and O–H groups in total. The van der Waals surface area contributed by atoms with E-state index in [-0.39, 0.29) is 11.9 Å². The Kier molecular flexibility index (Phi) is 5.77. The van der Waals surface area contributed by atoms with Crippen molar-refractivity contribution < 1.29 is 19.1 Å². The molecule has 1 aliphatic rings. The van der Waals surface area contributed by atoms with Crippen LogP contribution in [0.2, 0.25) is 0 Å². The molecule has 0 aromatic heterocycles. The van der Waals surface area contributed by atoms with Gasteiger partial charge in [0.25, 0.3) is 5.91 Å². The second-order valence-corrected chi connectivity index (χ2v) is 6.93. The van der Waals surface area contributed by atoms with Gasteiger partial charge in [-0.1, -0.05) is 6.07 Å². The topological polar surface area (TPSA) is 88.7 Å². The fourth-order valence-electron chi connectivity index (χ4n) is 3.30. The second kappa shape index (κ2) is 8.26. The molecular weight excluding hydrogens is 370 g/mol. The quantitative estimate of drug-likeness (QED) is 0.722. The van der Waals surface area contributed by atoms with Gasteiger partial charge in [-0.05, 0) is 56.2 Å². The van der Waals surface area contributed by atoms with E-state index in [0.717, 1.165) is 11.1 Å². The van der Waals surface area contributed by atoms with E-state index in [1.165, 1.54) is 7.11 Å². The van der Waals surface area contributed by atoms with Gasteiger partial charge < -0.3 is 25.4 Å². The van der Waals surface area contributed by atoms with Gasteiger partial charge in [-0.15, -0.1) is 0 Å². The van der Waals surface area contributed by atoms with Gasteiger partial charge in [0.15, 0.2) is 0 Å². The van der Waals surface area contributed by atoms with Crippen LogP contribution < -0.4 is 25.4 Å². The average Bonchev–Trinajstić information content (AvgIpc) is 2.69. The number of allylic oxidation sites excluding steroid dienone is 1. The van der Waals surface area contributed by atoms with E-state index in [9.17, 15) is 9.59 Å². The van der Waals surface area contributed by atoms with E-state index >= 15 is 0 Å². The molecule has 2 aromatic rings. The van der Waals surface area contributed by atoms with Crippen LogP contribution in [0.1, 0.15) is 29.7 Å². The fourth-order valence-corrected chi connectivity index (χ4v) is 3.30. The number of amides is 3. The summed E-state index contributed by atoms with van der Waals surface area (Å²) in [5.41, 5.74) is 4.47. The van der Waals surface area contributed by atoms with Gasteiger partial charge in [-0.2, -0.15) is 0 Å². The van der Waals surface area contributed by atoms with E-state index < -0.39 is 6.04 Å². The molecule has 3 rings (SSSR count). The van der Waals surface area contributed by atoms with Gasteiger partial charge in [0.2, 0.25) is 0 Å². The van der Waals surface area contributed by atoms with Crippen LogP contribution in [0.15, 0.2) is 47.7 Å². The Morgan fingerprint density at radius 3 is 2.41 bits per heavy atom. The second-order valence-electron chi connectivity index (χ2n) is 6.93. The Hall–Kier alpha value is -3.48. The van der Waals surface area contributed by atoms with Gasteiger partial charge in [-0.3, -0.25) is 4.79 Å². The molecule has 0 saturated heterocycles. The zero-order chi connectivity index (χ0) is 21.1. The van der Waals surface area contributed by atoms with E-state index in [4.69, 9.17) is 9.47 Å². The van der Waals surface area contributed by atoms with E-state index in [1.807, 2.05) is 32.0 Å². The number of aryl methyl sites for hydroxylation is 2. The Labute approximate surface area is 170 Å². The number of nitrogens with one attached hydrogen (secondary N) is 3. The Balaban J connectivity index is 2.00. The maximum absolute atomic E-state index is 13.2. The Bertz CT molecular complexity index is 998. The Morgan fingerprint density at radius 2 is 1.76 bits per heavy atom. The standard InChI is InChI=1S/C22H25N3O4/c1-12-6-7-15(10-13(12)2)24-21(26)19-14(3)23-22(27)25-20(19)17-9-8-16(28-4)11-18(17)29-5/h6-11,20H,1-5H3,(H,24,26)(H2,23,25,27). The number of hydrogen-bond donors (Lipinski definition) is 3. The van der Waals surface area contributed by atoms with Gasteiger partial charge in [0, 0.05) is 23.0 Å². The zero-order valence-corrected chi connectivity index (χ0v) is 17.2.